The lowest BCUT2D eigenvalue weighted by Gasteiger charge is -2.29. The van der Waals surface area contributed by atoms with Crippen LogP contribution in [0.15, 0.2) is 63.8 Å². The molecule has 0 N–H and O–H groups in total. The van der Waals surface area contributed by atoms with E-state index in [1.54, 1.807) is 24.3 Å². The summed E-state index contributed by atoms with van der Waals surface area (Å²) in [7, 11) is -2.92. The van der Waals surface area contributed by atoms with Gasteiger partial charge in [-0.15, -0.1) is 0 Å². The zero-order valence-corrected chi connectivity index (χ0v) is 22.8. The molecule has 1 aromatic heterocycles. The Morgan fingerprint density at radius 3 is 2.16 bits per heavy atom. The third-order valence-electron chi connectivity index (χ3n) is 5.87. The number of halogens is 2. The summed E-state index contributed by atoms with van der Waals surface area (Å²) in [6.45, 7) is 6.94. The van der Waals surface area contributed by atoms with Gasteiger partial charge in [0.05, 0.1) is 12.2 Å². The first-order valence-corrected chi connectivity index (χ1v) is 14.8. The lowest BCUT2D eigenvalue weighted by molar-refractivity contribution is -0.0226. The lowest BCUT2D eigenvalue weighted by atomic mass is 10.1. The number of rotatable bonds is 16. The van der Waals surface area contributed by atoms with Crippen LogP contribution in [0.5, 0.6) is 5.75 Å². The van der Waals surface area contributed by atoms with Crippen molar-refractivity contribution in [1.82, 2.24) is 0 Å². The second-order valence-electron chi connectivity index (χ2n) is 8.66. The molecule has 0 atom stereocenters. The van der Waals surface area contributed by atoms with Gasteiger partial charge in [-0.1, -0.05) is 30.3 Å². The molecule has 1 heterocycles. The number of hydrogen-bond acceptors (Lipinski definition) is 6. The van der Waals surface area contributed by atoms with E-state index in [1.807, 2.05) is 51.1 Å². The maximum absolute atomic E-state index is 14.5. The summed E-state index contributed by atoms with van der Waals surface area (Å²) in [6.07, 6.45) is -0.107. The van der Waals surface area contributed by atoms with Crippen molar-refractivity contribution in [3.05, 3.63) is 65.0 Å². The van der Waals surface area contributed by atoms with Crippen molar-refractivity contribution >= 4 is 19.8 Å². The predicted octanol–water partition coefficient (Wildman–Crippen LogP) is 7.08. The van der Waals surface area contributed by atoms with E-state index in [-0.39, 0.29) is 32.3 Å². The first-order chi connectivity index (χ1) is 17.8. The van der Waals surface area contributed by atoms with E-state index in [9.17, 15) is 13.6 Å². The molecule has 2 aromatic carbocycles. The van der Waals surface area contributed by atoms with Crippen LogP contribution in [0.1, 0.15) is 46.5 Å². The van der Waals surface area contributed by atoms with E-state index in [1.165, 1.54) is 0 Å². The highest BCUT2D eigenvalue weighted by atomic mass is 28.4. The number of alkyl halides is 2. The highest BCUT2D eigenvalue weighted by Crippen LogP contribution is 2.30. The Labute approximate surface area is 217 Å². The zero-order valence-electron chi connectivity index (χ0n) is 21.8. The van der Waals surface area contributed by atoms with Crippen molar-refractivity contribution in [2.45, 2.75) is 58.4 Å². The van der Waals surface area contributed by atoms with Crippen LogP contribution < -0.4 is 10.4 Å². The highest BCUT2D eigenvalue weighted by Gasteiger charge is 2.41. The molecule has 0 saturated carbocycles. The Balaban J connectivity index is 1.50. The maximum atomic E-state index is 14.5. The number of ether oxygens (including phenoxy) is 1. The van der Waals surface area contributed by atoms with Crippen molar-refractivity contribution in [2.75, 3.05) is 26.4 Å². The summed E-state index contributed by atoms with van der Waals surface area (Å²) >= 11 is 0. The largest absolute Gasteiger partial charge is 0.500 e. The van der Waals surface area contributed by atoms with Gasteiger partial charge in [0.2, 0.25) is 5.92 Å². The van der Waals surface area contributed by atoms with Crippen LogP contribution in [0, 0.1) is 0 Å². The number of hydrogen-bond donors (Lipinski definition) is 0. The van der Waals surface area contributed by atoms with E-state index in [0.29, 0.717) is 42.8 Å². The molecule has 0 fully saturated rings. The Bertz CT molecular complexity index is 1150. The van der Waals surface area contributed by atoms with Gasteiger partial charge < -0.3 is 22.4 Å². The fourth-order valence-electron chi connectivity index (χ4n) is 4.21. The van der Waals surface area contributed by atoms with Crippen molar-refractivity contribution in [3.8, 4) is 16.9 Å². The van der Waals surface area contributed by atoms with Gasteiger partial charge in [-0.3, -0.25) is 0 Å². The van der Waals surface area contributed by atoms with Crippen LogP contribution in [-0.4, -0.2) is 41.2 Å². The third kappa shape index (κ3) is 8.46. The lowest BCUT2D eigenvalue weighted by Crippen LogP contribution is -2.46. The molecule has 6 nitrogen and oxygen atoms in total. The van der Waals surface area contributed by atoms with Crippen molar-refractivity contribution in [2.24, 2.45) is 0 Å². The summed E-state index contributed by atoms with van der Waals surface area (Å²) in [5.74, 6) is -2.36. The number of fused-ring (bicyclic) bond motifs is 1. The average Bonchev–Trinajstić information content (AvgIpc) is 2.87. The molecule has 0 aliphatic rings. The molecule has 0 saturated heterocycles. The Morgan fingerprint density at radius 1 is 0.865 bits per heavy atom. The van der Waals surface area contributed by atoms with Crippen molar-refractivity contribution in [1.29, 1.82) is 0 Å². The molecule has 37 heavy (non-hydrogen) atoms. The summed E-state index contributed by atoms with van der Waals surface area (Å²) in [5.41, 5.74) is 1.20. The van der Waals surface area contributed by atoms with E-state index in [4.69, 9.17) is 22.4 Å². The predicted molar refractivity (Wildman–Crippen MR) is 142 cm³/mol. The van der Waals surface area contributed by atoms with Gasteiger partial charge in [0.25, 0.3) is 0 Å². The minimum atomic E-state index is -2.92. The fraction of sp³-hybridized carbons (Fsp3) is 0.464. The molecular weight excluding hydrogens is 498 g/mol. The Kier molecular flexibility index (Phi) is 10.8. The summed E-state index contributed by atoms with van der Waals surface area (Å²) in [6, 6.07) is 16.6. The summed E-state index contributed by atoms with van der Waals surface area (Å²) in [5, 5.41) is 0.753. The zero-order chi connectivity index (χ0) is 26.7. The fourth-order valence-corrected chi connectivity index (χ4v) is 6.82. The van der Waals surface area contributed by atoms with Gasteiger partial charge in [-0.25, -0.2) is 13.6 Å². The molecule has 0 aliphatic heterocycles. The SMILES string of the molecule is CCO[Si](CCCC(F)(F)CCCOc1ccc2cc(-c3ccccc3)c(=O)oc2c1)(OCC)OCC. The van der Waals surface area contributed by atoms with Crippen molar-refractivity contribution in [3.63, 3.8) is 0 Å². The average molecular weight is 535 g/mol. The maximum Gasteiger partial charge on any atom is 0.500 e. The van der Waals surface area contributed by atoms with Crippen LogP contribution in [0.3, 0.4) is 0 Å². The molecule has 3 rings (SSSR count). The van der Waals surface area contributed by atoms with E-state index >= 15 is 0 Å². The van der Waals surface area contributed by atoms with Gasteiger partial charge >= 0.3 is 14.4 Å². The van der Waals surface area contributed by atoms with Gasteiger partial charge in [0.1, 0.15) is 11.3 Å². The van der Waals surface area contributed by atoms with E-state index in [0.717, 1.165) is 10.9 Å². The molecule has 0 aliphatic carbocycles. The quantitative estimate of drug-likeness (QED) is 0.111. The molecule has 0 radical (unpaired) electrons. The topological polar surface area (TPSA) is 67.1 Å². The second-order valence-corrected chi connectivity index (χ2v) is 11.4. The molecule has 0 bridgehead atoms. The minimum Gasteiger partial charge on any atom is -0.493 e. The Hall–Kier alpha value is -2.59. The van der Waals surface area contributed by atoms with Crippen LogP contribution in [-0.2, 0) is 13.3 Å². The second kappa shape index (κ2) is 13.8. The van der Waals surface area contributed by atoms with E-state index < -0.39 is 20.4 Å². The first kappa shape index (κ1) is 29.0. The van der Waals surface area contributed by atoms with Gasteiger partial charge in [-0.05, 0) is 57.4 Å². The van der Waals surface area contributed by atoms with Crippen LogP contribution in [0.4, 0.5) is 8.78 Å². The standard InChI is InChI=1S/C28H36F2O6Si/c1-4-33-37(34-5-2,35-6-3)19-11-17-28(29,30)16-10-18-32-24-15-14-23-20-25(22-12-8-7-9-13-22)27(31)36-26(23)21-24/h7-9,12-15,20-21H,4-6,10-11,16-19H2,1-3H3. The molecule has 202 valence electrons. The third-order valence-corrected chi connectivity index (χ3v) is 9.02. The molecule has 0 spiro atoms. The van der Waals surface area contributed by atoms with Crippen LogP contribution in [0.2, 0.25) is 6.04 Å². The minimum absolute atomic E-state index is 0.128. The smallest absolute Gasteiger partial charge is 0.493 e. The molecule has 0 unspecified atom stereocenters. The normalized spacial score (nSPS) is 12.2. The van der Waals surface area contributed by atoms with Gasteiger partial charge in [-0.2, -0.15) is 0 Å². The Morgan fingerprint density at radius 2 is 1.51 bits per heavy atom. The molecule has 9 heteroatoms. The molecule has 3 aromatic rings. The highest BCUT2D eigenvalue weighted by molar-refractivity contribution is 6.60. The number of benzene rings is 2. The van der Waals surface area contributed by atoms with E-state index in [2.05, 4.69) is 0 Å². The molecular formula is C28H36F2O6Si. The van der Waals surface area contributed by atoms with Crippen molar-refractivity contribution < 1.29 is 31.2 Å². The van der Waals surface area contributed by atoms with Crippen LogP contribution in [0.25, 0.3) is 22.1 Å². The first-order valence-electron chi connectivity index (χ1n) is 12.9. The summed E-state index contributed by atoms with van der Waals surface area (Å²) < 4.78 is 57.4. The monoisotopic (exact) mass is 534 g/mol. The molecule has 0 amide bonds. The summed E-state index contributed by atoms with van der Waals surface area (Å²) in [4.78, 5) is 12.5. The van der Waals surface area contributed by atoms with Gasteiger partial charge in [0.15, 0.2) is 0 Å². The van der Waals surface area contributed by atoms with Gasteiger partial charge in [0, 0.05) is 50.2 Å². The van der Waals surface area contributed by atoms with Crippen LogP contribution >= 0.6 is 0 Å².